The van der Waals surface area contributed by atoms with Gasteiger partial charge >= 0.3 is 5.97 Å². The van der Waals surface area contributed by atoms with Gasteiger partial charge in [-0.25, -0.2) is 0 Å². The molecule has 1 aromatic carbocycles. The van der Waals surface area contributed by atoms with Crippen LogP contribution in [0.3, 0.4) is 0 Å². The van der Waals surface area contributed by atoms with Gasteiger partial charge in [-0.15, -0.1) is 0 Å². The number of hydrogen-bond acceptors (Lipinski definition) is 1. The Morgan fingerprint density at radius 3 is 2.12 bits per heavy atom. The minimum absolute atomic E-state index is 0.262. The maximum Gasteiger partial charge on any atom is 0.303 e. The van der Waals surface area contributed by atoms with Crippen molar-refractivity contribution in [1.29, 1.82) is 0 Å². The molecule has 0 saturated heterocycles. The van der Waals surface area contributed by atoms with Gasteiger partial charge in [0.15, 0.2) is 0 Å². The molecule has 17 heavy (non-hydrogen) atoms. The molecular formula is C15H24O2. The van der Waals surface area contributed by atoms with E-state index in [0.29, 0.717) is 0 Å². The maximum atomic E-state index is 10.3. The van der Waals surface area contributed by atoms with Gasteiger partial charge < -0.3 is 5.11 Å². The van der Waals surface area contributed by atoms with Crippen LogP contribution in [0.4, 0.5) is 0 Å². The molecule has 0 unspecified atom stereocenters. The summed E-state index contributed by atoms with van der Waals surface area (Å²) >= 11 is 0. The lowest BCUT2D eigenvalue weighted by Crippen LogP contribution is -1.98. The third kappa shape index (κ3) is 7.56. The molecule has 0 atom stereocenters. The van der Waals surface area contributed by atoms with Gasteiger partial charge in [-0.2, -0.15) is 0 Å². The molecule has 0 heterocycles. The maximum absolute atomic E-state index is 10.3. The first kappa shape index (κ1) is 15.7. The molecule has 0 amide bonds. The molecular weight excluding hydrogens is 212 g/mol. The quantitative estimate of drug-likeness (QED) is 0.836. The van der Waals surface area contributed by atoms with Gasteiger partial charge in [0.05, 0.1) is 0 Å². The van der Waals surface area contributed by atoms with Crippen LogP contribution in [0.5, 0.6) is 0 Å². The van der Waals surface area contributed by atoms with Gasteiger partial charge in [0.2, 0.25) is 0 Å². The first-order valence-electron chi connectivity index (χ1n) is 6.44. The fourth-order valence-corrected chi connectivity index (χ4v) is 1.58. The fraction of sp³-hybridized carbons (Fsp3) is 0.533. The summed E-state index contributed by atoms with van der Waals surface area (Å²) in [7, 11) is 0. The summed E-state index contributed by atoms with van der Waals surface area (Å²) < 4.78 is 0. The summed E-state index contributed by atoms with van der Waals surface area (Å²) in [4.78, 5) is 10.3. The van der Waals surface area contributed by atoms with Crippen LogP contribution in [-0.4, -0.2) is 11.1 Å². The van der Waals surface area contributed by atoms with Crippen molar-refractivity contribution in [2.24, 2.45) is 0 Å². The van der Waals surface area contributed by atoms with Gasteiger partial charge in [-0.1, -0.05) is 51.5 Å². The Hall–Kier alpha value is -1.31. The molecule has 2 heteroatoms. The molecule has 1 N–H and O–H groups in total. The zero-order valence-electron chi connectivity index (χ0n) is 11.2. The van der Waals surface area contributed by atoms with Gasteiger partial charge in [-0.05, 0) is 30.4 Å². The van der Waals surface area contributed by atoms with E-state index in [4.69, 9.17) is 5.11 Å². The highest BCUT2D eigenvalue weighted by atomic mass is 16.4. The first-order valence-corrected chi connectivity index (χ1v) is 6.44. The normalized spacial score (nSPS) is 9.35. The van der Waals surface area contributed by atoms with E-state index in [-0.39, 0.29) is 6.42 Å². The SMILES string of the molecule is CCC.CCc1ccccc1CCCC(=O)O. The Bertz CT molecular complexity index is 318. The number of carboxylic acids is 1. The van der Waals surface area contributed by atoms with Crippen molar-refractivity contribution >= 4 is 5.97 Å². The molecule has 1 aromatic rings. The highest BCUT2D eigenvalue weighted by Crippen LogP contribution is 2.12. The Morgan fingerprint density at radius 2 is 1.65 bits per heavy atom. The van der Waals surface area contributed by atoms with Crippen molar-refractivity contribution in [3.8, 4) is 0 Å². The second kappa shape index (κ2) is 9.88. The van der Waals surface area contributed by atoms with E-state index >= 15 is 0 Å². The summed E-state index contributed by atoms with van der Waals surface area (Å²) in [5.41, 5.74) is 2.62. The second-order valence-corrected chi connectivity index (χ2v) is 4.08. The zero-order chi connectivity index (χ0) is 13.1. The molecule has 96 valence electrons. The summed E-state index contributed by atoms with van der Waals surface area (Å²) in [5.74, 6) is -0.709. The Morgan fingerprint density at radius 1 is 1.12 bits per heavy atom. The van der Waals surface area contributed by atoms with Gasteiger partial charge in [0.1, 0.15) is 0 Å². The third-order valence-electron chi connectivity index (χ3n) is 2.34. The lowest BCUT2D eigenvalue weighted by Gasteiger charge is -2.05. The average molecular weight is 236 g/mol. The lowest BCUT2D eigenvalue weighted by atomic mass is 10.0. The van der Waals surface area contributed by atoms with Gasteiger partial charge in [0.25, 0.3) is 0 Å². The Kier molecular flexibility index (Phi) is 9.12. The van der Waals surface area contributed by atoms with Crippen LogP contribution in [0.25, 0.3) is 0 Å². The van der Waals surface area contributed by atoms with Gasteiger partial charge in [0, 0.05) is 6.42 Å². The van der Waals surface area contributed by atoms with Crippen LogP contribution in [0.1, 0.15) is 51.2 Å². The van der Waals surface area contributed by atoms with E-state index in [1.54, 1.807) is 0 Å². The predicted molar refractivity (Wildman–Crippen MR) is 72.4 cm³/mol. The van der Waals surface area contributed by atoms with E-state index in [0.717, 1.165) is 19.3 Å². The van der Waals surface area contributed by atoms with Crippen molar-refractivity contribution in [3.63, 3.8) is 0 Å². The second-order valence-electron chi connectivity index (χ2n) is 4.08. The van der Waals surface area contributed by atoms with Crippen molar-refractivity contribution in [2.75, 3.05) is 0 Å². The summed E-state index contributed by atoms with van der Waals surface area (Å²) in [6, 6.07) is 8.23. The van der Waals surface area contributed by atoms with E-state index in [1.165, 1.54) is 17.5 Å². The van der Waals surface area contributed by atoms with Crippen LogP contribution in [0.2, 0.25) is 0 Å². The van der Waals surface area contributed by atoms with Gasteiger partial charge in [-0.3, -0.25) is 4.79 Å². The minimum Gasteiger partial charge on any atom is -0.481 e. The number of carboxylic acid groups (broad SMARTS) is 1. The minimum atomic E-state index is -0.709. The molecule has 0 saturated carbocycles. The van der Waals surface area contributed by atoms with Crippen molar-refractivity contribution in [2.45, 2.75) is 52.9 Å². The number of aryl methyl sites for hydroxylation is 2. The predicted octanol–water partition coefficient (Wildman–Crippen LogP) is 4.07. The monoisotopic (exact) mass is 236 g/mol. The molecule has 0 aromatic heterocycles. The number of carbonyl (C=O) groups is 1. The number of hydrogen-bond donors (Lipinski definition) is 1. The molecule has 0 bridgehead atoms. The molecule has 0 fully saturated rings. The molecule has 0 aliphatic rings. The topological polar surface area (TPSA) is 37.3 Å². The smallest absolute Gasteiger partial charge is 0.303 e. The van der Waals surface area contributed by atoms with Crippen molar-refractivity contribution < 1.29 is 9.90 Å². The third-order valence-corrected chi connectivity index (χ3v) is 2.34. The lowest BCUT2D eigenvalue weighted by molar-refractivity contribution is -0.137. The summed E-state index contributed by atoms with van der Waals surface area (Å²) in [5, 5.41) is 8.52. The highest BCUT2D eigenvalue weighted by Gasteiger charge is 2.01. The van der Waals surface area contributed by atoms with Crippen molar-refractivity contribution in [1.82, 2.24) is 0 Å². The fourth-order valence-electron chi connectivity index (χ4n) is 1.58. The molecule has 0 aliphatic heterocycles. The Labute approximate surface area is 105 Å². The molecule has 0 aliphatic carbocycles. The Balaban J connectivity index is 0.000000770. The van der Waals surface area contributed by atoms with E-state index in [9.17, 15) is 4.79 Å². The first-order chi connectivity index (χ1) is 8.15. The highest BCUT2D eigenvalue weighted by molar-refractivity contribution is 5.66. The number of rotatable bonds is 5. The van der Waals surface area contributed by atoms with Crippen LogP contribution in [-0.2, 0) is 17.6 Å². The van der Waals surface area contributed by atoms with Crippen molar-refractivity contribution in [3.05, 3.63) is 35.4 Å². The van der Waals surface area contributed by atoms with E-state index < -0.39 is 5.97 Å². The molecule has 2 nitrogen and oxygen atoms in total. The van der Waals surface area contributed by atoms with Crippen LogP contribution < -0.4 is 0 Å². The summed E-state index contributed by atoms with van der Waals surface area (Å²) in [6.07, 6.45) is 4.13. The van der Waals surface area contributed by atoms with Crippen LogP contribution in [0, 0.1) is 0 Å². The largest absolute Gasteiger partial charge is 0.481 e. The molecule has 0 spiro atoms. The number of aliphatic carboxylic acids is 1. The van der Waals surface area contributed by atoms with Crippen LogP contribution in [0.15, 0.2) is 24.3 Å². The summed E-state index contributed by atoms with van der Waals surface area (Å²) in [6.45, 7) is 6.37. The molecule has 0 radical (unpaired) electrons. The average Bonchev–Trinajstić information content (AvgIpc) is 2.30. The van der Waals surface area contributed by atoms with E-state index in [2.05, 4.69) is 32.9 Å². The zero-order valence-corrected chi connectivity index (χ0v) is 11.2. The molecule has 1 rings (SSSR count). The van der Waals surface area contributed by atoms with Crippen LogP contribution >= 0.6 is 0 Å². The number of benzene rings is 1. The van der Waals surface area contributed by atoms with E-state index in [1.807, 2.05) is 12.1 Å². The standard InChI is InChI=1S/C12H16O2.C3H8/c1-2-10-6-3-4-7-11(10)8-5-9-12(13)14;1-3-2/h3-4,6-7H,2,5,8-9H2,1H3,(H,13,14);3H2,1-2H3.